The number of halogens is 1. The number of pyridine rings is 1. The van der Waals surface area contributed by atoms with Gasteiger partial charge in [-0.05, 0) is 248 Å². The Bertz CT molecular complexity index is 6310. The van der Waals surface area contributed by atoms with Crippen molar-refractivity contribution in [3.05, 3.63) is 312 Å². The number of ketones is 6. The number of aromatic amines is 1. The number of fused-ring (bicyclic) bond motifs is 6. The first-order chi connectivity index (χ1) is 59.8. The first-order valence-electron chi connectivity index (χ1n) is 44.2. The second-order valence-electron chi connectivity index (χ2n) is 35.6. The molecule has 0 atom stereocenters. The number of methoxy groups -OCH3 is 1. The van der Waals surface area contributed by atoms with Crippen molar-refractivity contribution >= 4 is 112 Å². The van der Waals surface area contributed by atoms with Gasteiger partial charge in [0.1, 0.15) is 17.0 Å². The summed E-state index contributed by atoms with van der Waals surface area (Å²) in [5.74, 6) is 6.25. The number of Topliss-reactive ketones (excluding diaryl/α,β-unsaturated/α-hetero) is 6. The number of ether oxygens (including phenoxy) is 1. The number of para-hydroxylation sites is 1. The topological polar surface area (TPSA) is 202 Å². The van der Waals surface area contributed by atoms with Crippen LogP contribution in [0, 0.1) is 20.8 Å². The van der Waals surface area contributed by atoms with Crippen LogP contribution in [0.15, 0.2) is 211 Å². The molecule has 0 fully saturated rings. The maximum absolute atomic E-state index is 11.5. The van der Waals surface area contributed by atoms with E-state index in [4.69, 9.17) is 20.8 Å². The summed E-state index contributed by atoms with van der Waals surface area (Å²) >= 11 is 6.05. The van der Waals surface area contributed by atoms with Gasteiger partial charge in [0.2, 0.25) is 0 Å². The predicted octanol–water partition coefficient (Wildman–Crippen LogP) is 30.2. The normalized spacial score (nSPS) is 11.0. The Labute approximate surface area is 759 Å². The summed E-state index contributed by atoms with van der Waals surface area (Å²) < 4.78 is 15.0. The van der Waals surface area contributed by atoms with Gasteiger partial charge in [-0.3, -0.25) is 38.8 Å². The second kappa shape index (κ2) is 46.9. The molecule has 10 aromatic carbocycles. The average Bonchev–Trinajstić information content (AvgIpc) is 1.70. The van der Waals surface area contributed by atoms with E-state index in [0.717, 1.165) is 83.0 Å². The lowest BCUT2D eigenvalue weighted by Gasteiger charge is -2.14. The third-order valence-electron chi connectivity index (χ3n) is 22.2. The van der Waals surface area contributed by atoms with Crippen LogP contribution in [0.3, 0.4) is 0 Å². The lowest BCUT2D eigenvalue weighted by molar-refractivity contribution is 0.100. The van der Waals surface area contributed by atoms with Gasteiger partial charge in [0.25, 0.3) is 0 Å². The van der Waals surface area contributed by atoms with E-state index in [1.807, 2.05) is 135 Å². The fourth-order valence-electron chi connectivity index (χ4n) is 14.5. The molecule has 0 saturated heterocycles. The Morgan fingerprint density at radius 3 is 1.52 bits per heavy atom. The molecule has 5 heterocycles. The third kappa shape index (κ3) is 28.2. The summed E-state index contributed by atoms with van der Waals surface area (Å²) in [5.41, 5.74) is 25.3. The summed E-state index contributed by atoms with van der Waals surface area (Å²) in [7, 11) is 5.66. The van der Waals surface area contributed by atoms with E-state index in [2.05, 4.69) is 259 Å². The van der Waals surface area contributed by atoms with Crippen LogP contribution in [0.2, 0.25) is 5.02 Å². The van der Waals surface area contributed by atoms with Gasteiger partial charge in [-0.15, -0.1) is 0 Å². The van der Waals surface area contributed by atoms with Crippen LogP contribution in [0.1, 0.15) is 349 Å². The highest BCUT2D eigenvalue weighted by atomic mass is 35.5. The van der Waals surface area contributed by atoms with Crippen LogP contribution >= 0.6 is 11.6 Å². The van der Waals surface area contributed by atoms with Crippen molar-refractivity contribution in [1.29, 1.82) is 0 Å². The van der Waals surface area contributed by atoms with E-state index in [1.165, 1.54) is 86.0 Å². The zero-order valence-corrected chi connectivity index (χ0v) is 81.4. The largest absolute Gasteiger partial charge is 0.495 e. The fourth-order valence-corrected chi connectivity index (χ4v) is 14.8. The van der Waals surface area contributed by atoms with Gasteiger partial charge in [0.05, 0.1) is 40.5 Å². The molecule has 0 amide bonds. The number of nitrogens with zero attached hydrogens (tertiary/aromatic N) is 6. The molecule has 668 valence electrons. The number of carbonyl (C=O) groups excluding carboxylic acids is 6. The molecule has 16 heteroatoms. The van der Waals surface area contributed by atoms with Crippen LogP contribution in [0.4, 0.5) is 0 Å². The number of imidazole rings is 1. The zero-order chi connectivity index (χ0) is 94.3. The van der Waals surface area contributed by atoms with Crippen molar-refractivity contribution in [2.24, 2.45) is 14.1 Å². The lowest BCUT2D eigenvalue weighted by atomic mass is 9.95. The highest BCUT2D eigenvalue weighted by Crippen LogP contribution is 2.36. The highest BCUT2D eigenvalue weighted by molar-refractivity contribution is 6.32. The standard InChI is InChI=1S/C15H16O.C14H17NO.C12H15ClO2.C12H14N2O.C12H13N.2C12H16O.C11H14N2.C11H13NO/c1-10(2)12-7-8-15-13(9-12)5-4-6-14(15)11(3)16;1-9(2)13-8-12-6-5-11(10(3)16)7-14(12)15(13)4;1-7(2)10-5-9(8(3)14)6-11(13)12(10)15-4;1-7(2)9-4-5-10-11(6-9)13-14-12(10)8(3)15;1-9(2)11-8-7-10-5-3-4-6-12(10)13-11;1-8(2)12-6-5-11(10(4)13)7-9(12)3;1-8(2)12-7-11(10(4)13)6-5-9(12)3;1-8(2)9-4-5-11-10(6-9)12-7-13(11)3;1-7(2)11-12-9-6-8(3)4-5-10(9)13-11/h4-10H,1-3H3;5-9H,1-4H3;5-7H,1-4H3;4-7H,1-3H3,(H,13,14);3-9H,1-2H3;2*5-8H,1-4H3;4-8H,1-3H3;4-7H,1-3H3. The van der Waals surface area contributed by atoms with Crippen molar-refractivity contribution in [3.63, 3.8) is 0 Å². The molecule has 0 spiro atoms. The lowest BCUT2D eigenvalue weighted by Crippen LogP contribution is -2.00. The summed E-state index contributed by atoms with van der Waals surface area (Å²) in [4.78, 5) is 80.9. The predicted molar refractivity (Wildman–Crippen MR) is 531 cm³/mol. The Morgan fingerprint density at radius 2 is 0.953 bits per heavy atom. The number of H-pyrrole nitrogens is 1. The highest BCUT2D eigenvalue weighted by Gasteiger charge is 2.18. The van der Waals surface area contributed by atoms with Crippen molar-refractivity contribution < 1.29 is 37.9 Å². The number of hydrogen-bond donors (Lipinski definition) is 1. The van der Waals surface area contributed by atoms with Crippen LogP contribution in [-0.2, 0) is 14.1 Å². The number of aromatic nitrogens is 7. The maximum atomic E-state index is 11.5. The minimum Gasteiger partial charge on any atom is -0.495 e. The third-order valence-corrected chi connectivity index (χ3v) is 22.5. The van der Waals surface area contributed by atoms with E-state index in [0.29, 0.717) is 69.4 Å². The Morgan fingerprint density at radius 1 is 0.402 bits per heavy atom. The summed E-state index contributed by atoms with van der Waals surface area (Å²) in [6.45, 7) is 54.3. The quantitative estimate of drug-likeness (QED) is 0.0898. The van der Waals surface area contributed by atoms with Crippen molar-refractivity contribution in [3.8, 4) is 5.75 Å². The van der Waals surface area contributed by atoms with Gasteiger partial charge < -0.3 is 18.3 Å². The number of rotatable bonds is 16. The van der Waals surface area contributed by atoms with Crippen LogP contribution in [0.25, 0.3) is 65.6 Å². The van der Waals surface area contributed by atoms with Crippen molar-refractivity contribution in [2.75, 3.05) is 7.11 Å². The van der Waals surface area contributed by atoms with Gasteiger partial charge in [0, 0.05) is 82.4 Å². The second-order valence-corrected chi connectivity index (χ2v) is 36.0. The molecule has 0 saturated carbocycles. The summed E-state index contributed by atoms with van der Waals surface area (Å²) in [5, 5.41) is 12.9. The number of oxazole rings is 1. The minimum absolute atomic E-state index is 0.00135. The molecule has 0 aliphatic carbocycles. The van der Waals surface area contributed by atoms with Gasteiger partial charge in [-0.2, -0.15) is 5.10 Å². The molecular weight excluding hydrogens is 1590 g/mol. The molecular formula is C111H134ClN7O8. The minimum atomic E-state index is -0.00135. The molecule has 15 nitrogen and oxygen atoms in total. The van der Waals surface area contributed by atoms with Gasteiger partial charge in [-0.25, -0.2) is 9.97 Å². The first-order valence-corrected chi connectivity index (χ1v) is 44.6. The van der Waals surface area contributed by atoms with Gasteiger partial charge in [-0.1, -0.05) is 258 Å². The molecule has 127 heavy (non-hydrogen) atoms. The van der Waals surface area contributed by atoms with E-state index in [1.54, 1.807) is 40.9 Å². The molecule has 5 aromatic heterocycles. The van der Waals surface area contributed by atoms with E-state index in [9.17, 15) is 28.8 Å². The number of aryl methyl sites for hydroxylation is 5. The van der Waals surface area contributed by atoms with Crippen molar-refractivity contribution in [2.45, 2.75) is 240 Å². The fraction of sp³-hybridized carbons (Fsp3) is 0.351. The molecule has 1 N–H and O–H groups in total. The molecule has 15 aromatic rings. The molecule has 0 unspecified atom stereocenters. The maximum Gasteiger partial charge on any atom is 0.198 e. The summed E-state index contributed by atoms with van der Waals surface area (Å²) in [6, 6.07) is 66.7. The smallest absolute Gasteiger partial charge is 0.198 e. The molecule has 0 bridgehead atoms. The van der Waals surface area contributed by atoms with Crippen LogP contribution in [0.5, 0.6) is 5.75 Å². The zero-order valence-electron chi connectivity index (χ0n) is 80.7. The Balaban J connectivity index is 0.000000196. The SMILES string of the molecule is CC(=O)c1ccc(C(C)C)c(C)c1.CC(=O)c1ccc(C)c(C(C)C)c1.CC(=O)c1ccc2cc(C(C)C)n(C)c2c1.CC(=O)c1cccc2cc(C(C)C)ccc12.CC(=O)c1n[nH]c2cc(C(C)C)ccc12.CC(C)c1ccc2c(c1)ncn2C.CC(C)c1ccc2ccccc2n1.COc1c(Cl)cc(C(C)=O)cc1C(C)C.Cc1ccc2oc(C(C)C)nc2c1. The number of benzene rings is 10. The molecule has 0 radical (unpaired) electrons. The van der Waals surface area contributed by atoms with Gasteiger partial charge in [0.15, 0.2) is 46.2 Å². The van der Waals surface area contributed by atoms with E-state index in [-0.39, 0.29) is 40.6 Å². The monoisotopic (exact) mass is 1730 g/mol. The van der Waals surface area contributed by atoms with Crippen molar-refractivity contribution in [1.82, 2.24) is 34.3 Å². The van der Waals surface area contributed by atoms with E-state index >= 15 is 0 Å². The molecule has 0 aliphatic rings. The van der Waals surface area contributed by atoms with Gasteiger partial charge >= 0.3 is 0 Å². The number of nitrogens with one attached hydrogen (secondary N) is 1. The summed E-state index contributed by atoms with van der Waals surface area (Å²) in [6.07, 6.45) is 1.86. The Hall–Kier alpha value is -12.1. The Kier molecular flexibility index (Phi) is 37.7. The molecule has 0 aliphatic heterocycles. The number of hydrogen-bond acceptors (Lipinski definition) is 12. The van der Waals surface area contributed by atoms with Crippen LogP contribution < -0.4 is 4.74 Å². The number of carbonyl (C=O) groups is 6. The van der Waals surface area contributed by atoms with Crippen LogP contribution in [-0.4, -0.2) is 76.1 Å². The average molecular weight is 1730 g/mol. The van der Waals surface area contributed by atoms with E-state index < -0.39 is 0 Å². The first kappa shape index (κ1) is 102. The molecule has 15 rings (SSSR count).